The molecule has 17 heavy (non-hydrogen) atoms. The zero-order chi connectivity index (χ0) is 12.8. The van der Waals surface area contributed by atoms with Gasteiger partial charge in [0.05, 0.1) is 12.1 Å². The number of amides is 1. The van der Waals surface area contributed by atoms with Crippen molar-refractivity contribution in [3.05, 3.63) is 17.0 Å². The van der Waals surface area contributed by atoms with Crippen LogP contribution in [-0.4, -0.2) is 35.3 Å². The summed E-state index contributed by atoms with van der Waals surface area (Å²) < 4.78 is 1.82. The van der Waals surface area contributed by atoms with Crippen molar-refractivity contribution >= 4 is 5.91 Å². The van der Waals surface area contributed by atoms with Crippen LogP contribution < -0.4 is 10.6 Å². The molecule has 0 spiro atoms. The summed E-state index contributed by atoms with van der Waals surface area (Å²) in [5, 5.41) is 10.4. The van der Waals surface area contributed by atoms with Crippen LogP contribution in [0.15, 0.2) is 0 Å². The van der Waals surface area contributed by atoms with Gasteiger partial charge in [-0.3, -0.25) is 9.48 Å². The van der Waals surface area contributed by atoms with Crippen molar-refractivity contribution in [2.24, 2.45) is 7.05 Å². The number of aromatic nitrogens is 2. The van der Waals surface area contributed by atoms with Crippen LogP contribution in [0.4, 0.5) is 0 Å². The second-order valence-electron chi connectivity index (χ2n) is 4.15. The van der Waals surface area contributed by atoms with Crippen molar-refractivity contribution in [2.45, 2.75) is 27.2 Å². The van der Waals surface area contributed by atoms with Gasteiger partial charge >= 0.3 is 0 Å². The Morgan fingerprint density at radius 2 is 2.06 bits per heavy atom. The first-order valence-electron chi connectivity index (χ1n) is 6.02. The van der Waals surface area contributed by atoms with Gasteiger partial charge in [0.25, 0.3) is 0 Å². The van der Waals surface area contributed by atoms with E-state index in [-0.39, 0.29) is 5.91 Å². The van der Waals surface area contributed by atoms with Crippen LogP contribution in [0.2, 0.25) is 0 Å². The molecule has 0 radical (unpaired) electrons. The third-order valence-corrected chi connectivity index (χ3v) is 2.87. The molecular weight excluding hydrogens is 216 g/mol. The van der Waals surface area contributed by atoms with E-state index in [9.17, 15) is 4.79 Å². The highest BCUT2D eigenvalue weighted by Gasteiger charge is 2.12. The predicted octanol–water partition coefficient (Wildman–Crippen LogP) is 0.305. The minimum atomic E-state index is 0.0575. The minimum absolute atomic E-state index is 0.0575. The third kappa shape index (κ3) is 3.85. The molecule has 0 aliphatic rings. The van der Waals surface area contributed by atoms with Crippen molar-refractivity contribution < 1.29 is 4.79 Å². The number of carbonyl (C=O) groups excluding carboxylic acids is 1. The Labute approximate surface area is 103 Å². The average molecular weight is 238 g/mol. The molecular formula is C12H22N4O. The number of aryl methyl sites for hydroxylation is 2. The van der Waals surface area contributed by atoms with E-state index in [1.54, 1.807) is 0 Å². The molecule has 0 aliphatic carbocycles. The molecule has 0 bridgehead atoms. The van der Waals surface area contributed by atoms with E-state index in [1.807, 2.05) is 32.5 Å². The van der Waals surface area contributed by atoms with Gasteiger partial charge in [0, 0.05) is 31.4 Å². The highest BCUT2D eigenvalue weighted by molar-refractivity contribution is 5.79. The molecule has 1 amide bonds. The maximum absolute atomic E-state index is 11.7. The van der Waals surface area contributed by atoms with Gasteiger partial charge in [-0.1, -0.05) is 6.92 Å². The molecule has 0 saturated carbocycles. The molecule has 0 fully saturated rings. The van der Waals surface area contributed by atoms with E-state index < -0.39 is 0 Å². The van der Waals surface area contributed by atoms with E-state index in [1.165, 1.54) is 0 Å². The van der Waals surface area contributed by atoms with Crippen molar-refractivity contribution in [3.8, 4) is 0 Å². The van der Waals surface area contributed by atoms with E-state index in [4.69, 9.17) is 0 Å². The second-order valence-corrected chi connectivity index (χ2v) is 4.15. The summed E-state index contributed by atoms with van der Waals surface area (Å²) in [6.45, 7) is 8.38. The number of nitrogens with one attached hydrogen (secondary N) is 2. The lowest BCUT2D eigenvalue weighted by molar-refractivity contribution is -0.120. The standard InChI is InChI=1S/C12H22N4O/c1-5-13-6-7-14-12(17)8-11-9(2)15-16(4)10(11)3/h13H,5-8H2,1-4H3,(H,14,17). The number of hydrogen-bond donors (Lipinski definition) is 2. The van der Waals surface area contributed by atoms with Gasteiger partial charge in [0.1, 0.15) is 0 Å². The van der Waals surface area contributed by atoms with Crippen molar-refractivity contribution in [1.29, 1.82) is 0 Å². The van der Waals surface area contributed by atoms with Crippen molar-refractivity contribution in [2.75, 3.05) is 19.6 Å². The van der Waals surface area contributed by atoms with Crippen LogP contribution in [0, 0.1) is 13.8 Å². The van der Waals surface area contributed by atoms with E-state index in [2.05, 4.69) is 15.7 Å². The Morgan fingerprint density at radius 3 is 2.59 bits per heavy atom. The summed E-state index contributed by atoms with van der Waals surface area (Å²) in [4.78, 5) is 11.7. The Hall–Kier alpha value is -1.36. The van der Waals surface area contributed by atoms with Gasteiger partial charge < -0.3 is 10.6 Å². The van der Waals surface area contributed by atoms with Crippen molar-refractivity contribution in [3.63, 3.8) is 0 Å². The fraction of sp³-hybridized carbons (Fsp3) is 0.667. The van der Waals surface area contributed by atoms with Crippen LogP contribution >= 0.6 is 0 Å². The van der Waals surface area contributed by atoms with Gasteiger partial charge in [-0.25, -0.2) is 0 Å². The largest absolute Gasteiger partial charge is 0.355 e. The summed E-state index contributed by atoms with van der Waals surface area (Å²) >= 11 is 0. The number of rotatable bonds is 6. The first-order valence-corrected chi connectivity index (χ1v) is 6.02. The number of likely N-dealkylation sites (N-methyl/N-ethyl adjacent to an activating group) is 1. The Kier molecular flexibility index (Phi) is 5.15. The molecule has 1 aromatic rings. The Morgan fingerprint density at radius 1 is 1.35 bits per heavy atom. The monoisotopic (exact) mass is 238 g/mol. The zero-order valence-corrected chi connectivity index (χ0v) is 11.1. The van der Waals surface area contributed by atoms with Gasteiger partial charge in [-0.15, -0.1) is 0 Å². The SMILES string of the molecule is CCNCCNC(=O)Cc1c(C)nn(C)c1C. The third-order valence-electron chi connectivity index (χ3n) is 2.87. The molecule has 1 heterocycles. The Balaban J connectivity index is 2.45. The van der Waals surface area contributed by atoms with E-state index in [0.717, 1.165) is 30.0 Å². The molecule has 0 saturated heterocycles. The van der Waals surface area contributed by atoms with Crippen LogP contribution in [0.1, 0.15) is 23.9 Å². The maximum atomic E-state index is 11.7. The van der Waals surface area contributed by atoms with Crippen LogP contribution in [-0.2, 0) is 18.3 Å². The lowest BCUT2D eigenvalue weighted by Crippen LogP contribution is -2.32. The number of carbonyl (C=O) groups is 1. The smallest absolute Gasteiger partial charge is 0.224 e. The molecule has 0 atom stereocenters. The van der Waals surface area contributed by atoms with Gasteiger partial charge in [0.15, 0.2) is 0 Å². The molecule has 0 aliphatic heterocycles. The number of nitrogens with zero attached hydrogens (tertiary/aromatic N) is 2. The minimum Gasteiger partial charge on any atom is -0.355 e. The molecule has 96 valence electrons. The summed E-state index contributed by atoms with van der Waals surface area (Å²) in [6.07, 6.45) is 0.414. The van der Waals surface area contributed by atoms with Crippen molar-refractivity contribution in [1.82, 2.24) is 20.4 Å². The molecule has 2 N–H and O–H groups in total. The molecule has 5 nitrogen and oxygen atoms in total. The van der Waals surface area contributed by atoms with Gasteiger partial charge in [-0.2, -0.15) is 5.10 Å². The van der Waals surface area contributed by atoms with Gasteiger partial charge in [0.2, 0.25) is 5.91 Å². The molecule has 1 aromatic heterocycles. The predicted molar refractivity (Wildman–Crippen MR) is 67.9 cm³/mol. The first kappa shape index (κ1) is 13.7. The molecule has 0 aromatic carbocycles. The lowest BCUT2D eigenvalue weighted by Gasteiger charge is -2.06. The fourth-order valence-electron chi connectivity index (χ4n) is 1.76. The topological polar surface area (TPSA) is 58.9 Å². The second kappa shape index (κ2) is 6.39. The molecule has 0 unspecified atom stereocenters. The molecule has 1 rings (SSSR count). The van der Waals surface area contributed by atoms with Crippen LogP contribution in [0.3, 0.4) is 0 Å². The average Bonchev–Trinajstić information content (AvgIpc) is 2.52. The highest BCUT2D eigenvalue weighted by Crippen LogP contribution is 2.12. The summed E-state index contributed by atoms with van der Waals surface area (Å²) in [5.74, 6) is 0.0575. The lowest BCUT2D eigenvalue weighted by atomic mass is 10.1. The summed E-state index contributed by atoms with van der Waals surface area (Å²) in [7, 11) is 1.90. The highest BCUT2D eigenvalue weighted by atomic mass is 16.1. The maximum Gasteiger partial charge on any atom is 0.224 e. The first-order chi connectivity index (χ1) is 8.06. The van der Waals surface area contributed by atoms with Crippen LogP contribution in [0.25, 0.3) is 0 Å². The zero-order valence-electron chi connectivity index (χ0n) is 11.1. The summed E-state index contributed by atoms with van der Waals surface area (Å²) in [5.41, 5.74) is 3.03. The fourth-order valence-corrected chi connectivity index (χ4v) is 1.76. The summed E-state index contributed by atoms with van der Waals surface area (Å²) in [6, 6.07) is 0. The van der Waals surface area contributed by atoms with E-state index in [0.29, 0.717) is 13.0 Å². The quantitative estimate of drug-likeness (QED) is 0.701. The Bertz CT molecular complexity index is 384. The van der Waals surface area contributed by atoms with E-state index >= 15 is 0 Å². The normalized spacial score (nSPS) is 10.6. The van der Waals surface area contributed by atoms with Crippen LogP contribution in [0.5, 0.6) is 0 Å². The molecule has 5 heteroatoms. The van der Waals surface area contributed by atoms with Gasteiger partial charge in [-0.05, 0) is 20.4 Å². The number of hydrogen-bond acceptors (Lipinski definition) is 3.